The summed E-state index contributed by atoms with van der Waals surface area (Å²) in [5, 5.41) is 16.7. The Bertz CT molecular complexity index is 830. The molecule has 2 aromatic heterocycles. The van der Waals surface area contributed by atoms with E-state index in [0.717, 1.165) is 0 Å². The summed E-state index contributed by atoms with van der Waals surface area (Å²) in [5.74, 6) is -1.06. The fourth-order valence-electron chi connectivity index (χ4n) is 1.65. The first kappa shape index (κ1) is 12.5. The van der Waals surface area contributed by atoms with Crippen molar-refractivity contribution in [3.63, 3.8) is 0 Å². The van der Waals surface area contributed by atoms with Crippen molar-refractivity contribution in [3.05, 3.63) is 52.2 Å². The summed E-state index contributed by atoms with van der Waals surface area (Å²) in [5.41, 5.74) is 0.398. The minimum atomic E-state index is -0.675. The lowest BCUT2D eigenvalue weighted by Crippen LogP contribution is -2.12. The third-order valence-electron chi connectivity index (χ3n) is 2.63. The number of anilines is 1. The highest BCUT2D eigenvalue weighted by Gasteiger charge is 2.06. The number of rotatable bonds is 3. The maximum absolute atomic E-state index is 13.2. The van der Waals surface area contributed by atoms with Crippen molar-refractivity contribution in [2.45, 2.75) is 6.54 Å². The zero-order valence-electron chi connectivity index (χ0n) is 10.1. The van der Waals surface area contributed by atoms with Crippen molar-refractivity contribution in [2.24, 2.45) is 0 Å². The third-order valence-corrected chi connectivity index (χ3v) is 3.51. The highest BCUT2D eigenvalue weighted by atomic mass is 32.1. The predicted molar refractivity (Wildman–Crippen MR) is 72.5 cm³/mol. The van der Waals surface area contributed by atoms with Crippen LogP contribution in [0.4, 0.5) is 9.52 Å². The lowest BCUT2D eigenvalue weighted by atomic mass is 10.2. The average Bonchev–Trinajstić information content (AvgIpc) is 2.85. The molecule has 0 aliphatic heterocycles. The first-order valence-electron chi connectivity index (χ1n) is 5.69. The number of fused-ring (bicyclic) bond motifs is 1. The number of nitrogens with zero attached hydrogens (tertiary/aromatic N) is 3. The topological polar surface area (TPSA) is 79.5 Å². The van der Waals surface area contributed by atoms with E-state index in [1.807, 2.05) is 0 Å². The van der Waals surface area contributed by atoms with Gasteiger partial charge in [0.05, 0.1) is 0 Å². The average molecular weight is 292 g/mol. The normalized spacial score (nSPS) is 10.8. The van der Waals surface area contributed by atoms with Gasteiger partial charge in [-0.05, 0) is 17.7 Å². The molecule has 3 aromatic rings. The van der Waals surface area contributed by atoms with Gasteiger partial charge in [-0.15, -0.1) is 5.10 Å². The molecule has 0 amide bonds. The van der Waals surface area contributed by atoms with Gasteiger partial charge in [0, 0.05) is 18.8 Å². The molecule has 0 radical (unpaired) electrons. The number of benzene rings is 1. The third kappa shape index (κ3) is 2.32. The molecule has 0 atom stereocenters. The number of aromatic hydroxyl groups is 1. The zero-order valence-corrected chi connectivity index (χ0v) is 10.9. The van der Waals surface area contributed by atoms with Gasteiger partial charge in [0.15, 0.2) is 11.6 Å². The van der Waals surface area contributed by atoms with Gasteiger partial charge in [-0.1, -0.05) is 17.4 Å². The Morgan fingerprint density at radius 1 is 1.40 bits per heavy atom. The van der Waals surface area contributed by atoms with Gasteiger partial charge in [-0.2, -0.15) is 4.52 Å². The van der Waals surface area contributed by atoms with Crippen LogP contribution < -0.4 is 10.9 Å². The number of hydrogen-bond donors (Lipinski definition) is 2. The standard InChI is InChI=1S/C12H9FN4O2S/c13-8-5-7(1-2-9(8)18)6-15-11-16-17-10(19)3-4-14-12(17)20-11/h1-5,18H,6H2,(H,15,16). The van der Waals surface area contributed by atoms with Gasteiger partial charge in [0.2, 0.25) is 10.1 Å². The van der Waals surface area contributed by atoms with Crippen LogP contribution in [-0.4, -0.2) is 19.7 Å². The summed E-state index contributed by atoms with van der Waals surface area (Å²) in [7, 11) is 0. The summed E-state index contributed by atoms with van der Waals surface area (Å²) >= 11 is 1.22. The molecule has 2 N–H and O–H groups in total. The quantitative estimate of drug-likeness (QED) is 0.766. The van der Waals surface area contributed by atoms with Crippen LogP contribution in [-0.2, 0) is 6.54 Å². The van der Waals surface area contributed by atoms with Gasteiger partial charge in [0.25, 0.3) is 5.56 Å². The van der Waals surface area contributed by atoms with E-state index in [1.165, 1.54) is 40.2 Å². The molecule has 8 heteroatoms. The van der Waals surface area contributed by atoms with Crippen molar-refractivity contribution in [1.82, 2.24) is 14.6 Å². The Morgan fingerprint density at radius 3 is 3.00 bits per heavy atom. The Labute approximate surface area is 116 Å². The second kappa shape index (κ2) is 4.89. The van der Waals surface area contributed by atoms with Crippen LogP contribution in [0.3, 0.4) is 0 Å². The van der Waals surface area contributed by atoms with Crippen molar-refractivity contribution in [1.29, 1.82) is 0 Å². The number of phenols is 1. The van der Waals surface area contributed by atoms with Crippen LogP contribution in [0.2, 0.25) is 0 Å². The summed E-state index contributed by atoms with van der Waals surface area (Å²) in [6.07, 6.45) is 1.43. The van der Waals surface area contributed by atoms with Crippen LogP contribution in [0.5, 0.6) is 5.75 Å². The number of phenolic OH excluding ortho intramolecular Hbond substituents is 1. The summed E-state index contributed by atoms with van der Waals surface area (Å²) < 4.78 is 14.4. The highest BCUT2D eigenvalue weighted by Crippen LogP contribution is 2.19. The van der Waals surface area contributed by atoms with Crippen molar-refractivity contribution < 1.29 is 9.50 Å². The SMILES string of the molecule is O=c1ccnc2sc(NCc3ccc(O)c(F)c3)nn12. The van der Waals surface area contributed by atoms with Crippen LogP contribution in [0, 0.1) is 5.82 Å². The van der Waals surface area contributed by atoms with Gasteiger partial charge in [-0.25, -0.2) is 9.37 Å². The molecule has 6 nitrogen and oxygen atoms in total. The molecule has 0 saturated carbocycles. The summed E-state index contributed by atoms with van der Waals surface area (Å²) in [6, 6.07) is 5.45. The maximum atomic E-state index is 13.2. The van der Waals surface area contributed by atoms with Gasteiger partial charge in [-0.3, -0.25) is 4.79 Å². The van der Waals surface area contributed by atoms with Crippen LogP contribution >= 0.6 is 11.3 Å². The number of nitrogens with one attached hydrogen (secondary N) is 1. The predicted octanol–water partition coefficient (Wildman–Crippen LogP) is 1.61. The molecule has 0 saturated heterocycles. The van der Waals surface area contributed by atoms with Gasteiger partial charge >= 0.3 is 0 Å². The smallest absolute Gasteiger partial charge is 0.275 e. The van der Waals surface area contributed by atoms with Gasteiger partial charge < -0.3 is 10.4 Å². The molecule has 1 aromatic carbocycles. The molecule has 0 aliphatic rings. The summed E-state index contributed by atoms with van der Waals surface area (Å²) in [4.78, 5) is 16.0. The van der Waals surface area contributed by atoms with Crippen molar-refractivity contribution in [2.75, 3.05) is 5.32 Å². The lowest BCUT2D eigenvalue weighted by molar-refractivity contribution is 0.432. The zero-order chi connectivity index (χ0) is 14.1. The molecule has 0 spiro atoms. The van der Waals surface area contributed by atoms with E-state index in [-0.39, 0.29) is 11.3 Å². The number of hydrogen-bond acceptors (Lipinski definition) is 6. The van der Waals surface area contributed by atoms with Crippen LogP contribution in [0.1, 0.15) is 5.56 Å². The lowest BCUT2D eigenvalue weighted by Gasteiger charge is -2.03. The van der Waals surface area contributed by atoms with Crippen molar-refractivity contribution >= 4 is 21.4 Å². The molecular formula is C12H9FN4O2S. The molecule has 0 aliphatic carbocycles. The maximum Gasteiger partial charge on any atom is 0.275 e. The largest absolute Gasteiger partial charge is 0.505 e. The molecule has 0 fully saturated rings. The molecular weight excluding hydrogens is 283 g/mol. The molecule has 102 valence electrons. The fraction of sp³-hybridized carbons (Fsp3) is 0.0833. The molecule has 20 heavy (non-hydrogen) atoms. The van der Waals surface area contributed by atoms with Gasteiger partial charge in [0.1, 0.15) is 0 Å². The van der Waals surface area contributed by atoms with E-state index < -0.39 is 5.82 Å². The molecule has 0 unspecified atom stereocenters. The Balaban J connectivity index is 1.81. The fourth-order valence-corrected chi connectivity index (χ4v) is 2.42. The minimum absolute atomic E-state index is 0.255. The first-order valence-corrected chi connectivity index (χ1v) is 6.51. The second-order valence-electron chi connectivity index (χ2n) is 4.02. The number of halogens is 1. The van der Waals surface area contributed by atoms with E-state index in [9.17, 15) is 9.18 Å². The Kier molecular flexibility index (Phi) is 3.07. The van der Waals surface area contributed by atoms with Crippen LogP contribution in [0.25, 0.3) is 4.96 Å². The highest BCUT2D eigenvalue weighted by molar-refractivity contribution is 7.20. The van der Waals surface area contributed by atoms with Crippen molar-refractivity contribution in [3.8, 4) is 5.75 Å². The molecule has 2 heterocycles. The van der Waals surface area contributed by atoms with E-state index in [0.29, 0.717) is 22.2 Å². The van der Waals surface area contributed by atoms with E-state index >= 15 is 0 Å². The first-order chi connectivity index (χ1) is 9.63. The Morgan fingerprint density at radius 2 is 2.25 bits per heavy atom. The summed E-state index contributed by atoms with van der Waals surface area (Å²) in [6.45, 7) is 0.325. The second-order valence-corrected chi connectivity index (χ2v) is 4.98. The molecule has 0 bridgehead atoms. The van der Waals surface area contributed by atoms with E-state index in [1.54, 1.807) is 6.07 Å². The monoisotopic (exact) mass is 292 g/mol. The number of aromatic nitrogens is 3. The van der Waals surface area contributed by atoms with E-state index in [4.69, 9.17) is 5.11 Å². The van der Waals surface area contributed by atoms with Crippen LogP contribution in [0.15, 0.2) is 35.3 Å². The van der Waals surface area contributed by atoms with E-state index in [2.05, 4.69) is 15.4 Å². The molecule has 3 rings (SSSR count). The minimum Gasteiger partial charge on any atom is -0.505 e. The Hall–Kier alpha value is -2.48.